The number of rotatable bonds is 6. The molecule has 144 valence electrons. The van der Waals surface area contributed by atoms with Crippen LogP contribution in [0.4, 0.5) is 5.13 Å². The van der Waals surface area contributed by atoms with Gasteiger partial charge in [-0.3, -0.25) is 14.9 Å². The van der Waals surface area contributed by atoms with E-state index in [1.807, 2.05) is 0 Å². The largest absolute Gasteiger partial charge is 0.353 e. The van der Waals surface area contributed by atoms with Crippen molar-refractivity contribution in [2.75, 3.05) is 11.1 Å². The Labute approximate surface area is 175 Å². The van der Waals surface area contributed by atoms with Gasteiger partial charge in [0, 0.05) is 11.1 Å². The highest BCUT2D eigenvalue weighted by atomic mass is 35.5. The number of thioether (sulfide) groups is 1. The van der Waals surface area contributed by atoms with E-state index < -0.39 is 0 Å². The van der Waals surface area contributed by atoms with Crippen molar-refractivity contribution in [1.82, 2.24) is 15.5 Å². The Morgan fingerprint density at radius 3 is 2.70 bits per heavy atom. The van der Waals surface area contributed by atoms with Gasteiger partial charge in [-0.05, 0) is 31.0 Å². The molecule has 2 aromatic rings. The van der Waals surface area contributed by atoms with Gasteiger partial charge in [0.1, 0.15) is 0 Å². The van der Waals surface area contributed by atoms with Gasteiger partial charge in [-0.15, -0.1) is 10.2 Å². The first kappa shape index (κ1) is 20.4. The van der Waals surface area contributed by atoms with Gasteiger partial charge in [-0.2, -0.15) is 0 Å². The summed E-state index contributed by atoms with van der Waals surface area (Å²) in [6.45, 7) is 0. The van der Waals surface area contributed by atoms with Crippen molar-refractivity contribution in [3.8, 4) is 0 Å². The number of halogens is 2. The molecule has 1 aliphatic rings. The number of amides is 2. The third kappa shape index (κ3) is 6.07. The van der Waals surface area contributed by atoms with Crippen LogP contribution < -0.4 is 10.6 Å². The van der Waals surface area contributed by atoms with Crippen molar-refractivity contribution < 1.29 is 9.59 Å². The molecule has 1 heterocycles. The second kappa shape index (κ2) is 9.73. The van der Waals surface area contributed by atoms with Gasteiger partial charge in [0.2, 0.25) is 11.0 Å². The molecule has 0 radical (unpaired) electrons. The maximum atomic E-state index is 12.3. The summed E-state index contributed by atoms with van der Waals surface area (Å²) in [7, 11) is 0. The van der Waals surface area contributed by atoms with E-state index in [2.05, 4.69) is 20.8 Å². The van der Waals surface area contributed by atoms with Gasteiger partial charge in [0.25, 0.3) is 5.91 Å². The van der Waals surface area contributed by atoms with Crippen LogP contribution in [-0.2, 0) is 4.79 Å². The van der Waals surface area contributed by atoms with Crippen molar-refractivity contribution in [3.63, 3.8) is 0 Å². The van der Waals surface area contributed by atoms with Crippen molar-refractivity contribution >= 4 is 63.2 Å². The number of hydrogen-bond acceptors (Lipinski definition) is 6. The number of anilines is 1. The summed E-state index contributed by atoms with van der Waals surface area (Å²) < 4.78 is 0.617. The lowest BCUT2D eigenvalue weighted by molar-refractivity contribution is -0.119. The smallest absolute Gasteiger partial charge is 0.259 e. The molecular weight excluding hydrogens is 427 g/mol. The molecule has 0 aliphatic heterocycles. The number of benzene rings is 1. The highest BCUT2D eigenvalue weighted by Crippen LogP contribution is 2.27. The van der Waals surface area contributed by atoms with Crippen LogP contribution >= 0.6 is 46.3 Å². The van der Waals surface area contributed by atoms with Gasteiger partial charge in [-0.1, -0.05) is 65.6 Å². The summed E-state index contributed by atoms with van der Waals surface area (Å²) >= 11 is 14.4. The van der Waals surface area contributed by atoms with Crippen molar-refractivity contribution in [2.24, 2.45) is 0 Å². The van der Waals surface area contributed by atoms with E-state index in [0.29, 0.717) is 26.1 Å². The Kier molecular flexibility index (Phi) is 7.34. The molecule has 6 nitrogen and oxygen atoms in total. The number of nitrogens with zero attached hydrogens (tertiary/aromatic N) is 2. The van der Waals surface area contributed by atoms with E-state index in [1.54, 1.807) is 12.1 Å². The van der Waals surface area contributed by atoms with Gasteiger partial charge in [-0.25, -0.2) is 0 Å². The van der Waals surface area contributed by atoms with E-state index in [-0.39, 0.29) is 22.6 Å². The molecule has 0 spiro atoms. The Morgan fingerprint density at radius 2 is 1.96 bits per heavy atom. The van der Waals surface area contributed by atoms with E-state index >= 15 is 0 Å². The van der Waals surface area contributed by atoms with Crippen LogP contribution in [0.3, 0.4) is 0 Å². The fourth-order valence-corrected chi connectivity index (χ4v) is 4.85. The lowest BCUT2D eigenvalue weighted by atomic mass is 9.95. The predicted octanol–water partition coefficient (Wildman–Crippen LogP) is 4.64. The molecule has 1 aromatic heterocycles. The molecule has 0 bridgehead atoms. The Morgan fingerprint density at radius 1 is 1.19 bits per heavy atom. The number of aromatic nitrogens is 2. The second-order valence-corrected chi connectivity index (χ2v) is 9.19. The minimum Gasteiger partial charge on any atom is -0.353 e. The van der Waals surface area contributed by atoms with E-state index in [0.717, 1.165) is 12.8 Å². The first-order chi connectivity index (χ1) is 13.0. The maximum Gasteiger partial charge on any atom is 0.259 e. The lowest BCUT2D eigenvalue weighted by Crippen LogP contribution is -2.37. The molecule has 2 N–H and O–H groups in total. The van der Waals surface area contributed by atoms with Crippen LogP contribution in [0.25, 0.3) is 0 Å². The predicted molar refractivity (Wildman–Crippen MR) is 110 cm³/mol. The second-order valence-electron chi connectivity index (χ2n) is 6.14. The van der Waals surface area contributed by atoms with Gasteiger partial charge in [0.05, 0.1) is 16.3 Å². The van der Waals surface area contributed by atoms with Crippen LogP contribution in [-0.4, -0.2) is 33.8 Å². The first-order valence-corrected chi connectivity index (χ1v) is 11.1. The van der Waals surface area contributed by atoms with Gasteiger partial charge in [0.15, 0.2) is 4.34 Å². The molecule has 2 amide bonds. The molecule has 3 rings (SSSR count). The Bertz CT molecular complexity index is 825. The van der Waals surface area contributed by atoms with Gasteiger partial charge >= 0.3 is 0 Å². The van der Waals surface area contributed by atoms with E-state index in [1.165, 1.54) is 48.4 Å². The molecule has 0 unspecified atom stereocenters. The number of nitrogens with one attached hydrogen (secondary N) is 2. The number of hydrogen-bond donors (Lipinski definition) is 2. The minimum atomic E-state index is -0.389. The maximum absolute atomic E-state index is 12.3. The average Bonchev–Trinajstić information content (AvgIpc) is 3.08. The quantitative estimate of drug-likeness (QED) is 0.500. The molecular formula is C17H18Cl2N4O2S2. The zero-order chi connectivity index (χ0) is 19.2. The Hall–Kier alpha value is -1.35. The molecule has 27 heavy (non-hydrogen) atoms. The molecule has 0 atom stereocenters. The molecule has 1 fully saturated rings. The molecule has 1 saturated carbocycles. The van der Waals surface area contributed by atoms with E-state index in [4.69, 9.17) is 23.2 Å². The van der Waals surface area contributed by atoms with Crippen LogP contribution in [0, 0.1) is 0 Å². The third-order valence-electron chi connectivity index (χ3n) is 4.10. The molecule has 0 saturated heterocycles. The number of carbonyl (C=O) groups excluding carboxylic acids is 2. The van der Waals surface area contributed by atoms with Crippen LogP contribution in [0.2, 0.25) is 10.0 Å². The van der Waals surface area contributed by atoms with Crippen molar-refractivity contribution in [2.45, 2.75) is 42.5 Å². The zero-order valence-corrected chi connectivity index (χ0v) is 17.5. The van der Waals surface area contributed by atoms with Crippen molar-refractivity contribution in [3.05, 3.63) is 33.8 Å². The highest BCUT2D eigenvalue weighted by molar-refractivity contribution is 8.01. The topological polar surface area (TPSA) is 84.0 Å². The fourth-order valence-electron chi connectivity index (χ4n) is 2.80. The normalized spacial score (nSPS) is 14.7. The average molecular weight is 445 g/mol. The number of carbonyl (C=O) groups is 2. The summed E-state index contributed by atoms with van der Waals surface area (Å²) in [5.74, 6) is -0.109. The van der Waals surface area contributed by atoms with Crippen molar-refractivity contribution in [1.29, 1.82) is 0 Å². The summed E-state index contributed by atoms with van der Waals surface area (Å²) in [5.41, 5.74) is 0.303. The summed E-state index contributed by atoms with van der Waals surface area (Å²) in [6, 6.07) is 4.94. The molecule has 1 aromatic carbocycles. The Balaban J connectivity index is 1.49. The van der Waals surface area contributed by atoms with Crippen LogP contribution in [0.15, 0.2) is 22.5 Å². The highest BCUT2D eigenvalue weighted by Gasteiger charge is 2.17. The third-order valence-corrected chi connectivity index (χ3v) is 6.62. The van der Waals surface area contributed by atoms with Crippen LogP contribution in [0.5, 0.6) is 0 Å². The molecule has 10 heteroatoms. The zero-order valence-electron chi connectivity index (χ0n) is 14.3. The van der Waals surface area contributed by atoms with Crippen LogP contribution in [0.1, 0.15) is 42.5 Å². The standard InChI is InChI=1S/C17H18Cl2N4O2S2/c18-10-6-7-12(13(19)8-10)15(25)21-16-22-23-17(27-16)26-9-14(24)20-11-4-2-1-3-5-11/h6-8,11H,1-5,9H2,(H,20,24)(H,21,22,25). The monoisotopic (exact) mass is 444 g/mol. The summed E-state index contributed by atoms with van der Waals surface area (Å²) in [5, 5.41) is 14.7. The summed E-state index contributed by atoms with van der Waals surface area (Å²) in [6.07, 6.45) is 5.71. The van der Waals surface area contributed by atoms with E-state index in [9.17, 15) is 9.59 Å². The van der Waals surface area contributed by atoms with Gasteiger partial charge < -0.3 is 5.32 Å². The fraction of sp³-hybridized carbons (Fsp3) is 0.412. The SMILES string of the molecule is O=C(CSc1nnc(NC(=O)c2ccc(Cl)cc2Cl)s1)NC1CCCCC1. The minimum absolute atomic E-state index is 0.000585. The summed E-state index contributed by atoms with van der Waals surface area (Å²) in [4.78, 5) is 24.3. The first-order valence-electron chi connectivity index (χ1n) is 8.53. The molecule has 1 aliphatic carbocycles. The lowest BCUT2D eigenvalue weighted by Gasteiger charge is -2.22.